The third-order valence-electron chi connectivity index (χ3n) is 10.1. The Labute approximate surface area is 304 Å². The van der Waals surface area contributed by atoms with Gasteiger partial charge in [0, 0.05) is 35.7 Å². The van der Waals surface area contributed by atoms with E-state index < -0.39 is 30.1 Å². The molecule has 1 saturated carbocycles. The van der Waals surface area contributed by atoms with Crippen molar-refractivity contribution in [2.24, 2.45) is 0 Å². The normalized spacial score (nSPS) is 19.6. The zero-order chi connectivity index (χ0) is 37.2. The van der Waals surface area contributed by atoms with E-state index in [4.69, 9.17) is 26.2 Å². The van der Waals surface area contributed by atoms with Crippen molar-refractivity contribution in [1.82, 2.24) is 15.3 Å². The molecule has 2 aliphatic carbocycles. The maximum Gasteiger partial charge on any atom is 0.435 e. The molecule has 0 aliphatic heterocycles. The summed E-state index contributed by atoms with van der Waals surface area (Å²) in [5, 5.41) is 22.8. The number of nitrogens with zero attached hydrogens (tertiary/aromatic N) is 2. The zero-order valence-electron chi connectivity index (χ0n) is 28.8. The van der Waals surface area contributed by atoms with Crippen LogP contribution in [0.25, 0.3) is 22.3 Å². The fourth-order valence-corrected chi connectivity index (χ4v) is 7.75. The van der Waals surface area contributed by atoms with Crippen molar-refractivity contribution < 1.29 is 42.0 Å². The summed E-state index contributed by atoms with van der Waals surface area (Å²) in [7, 11) is 2.90. The van der Waals surface area contributed by atoms with Crippen molar-refractivity contribution in [2.75, 3.05) is 20.9 Å². The molecule has 6 rings (SSSR count). The van der Waals surface area contributed by atoms with Gasteiger partial charge < -0.3 is 25.0 Å². The first-order valence-corrected chi connectivity index (χ1v) is 17.5. The molecule has 1 fully saturated rings. The van der Waals surface area contributed by atoms with E-state index in [1.165, 1.54) is 7.11 Å². The summed E-state index contributed by atoms with van der Waals surface area (Å²) in [6.45, 7) is -0.265. The SMILES string of the molecule is COc1cc(-c2cccc(-c3cccc4c3CC[C@@H]4Cc3nc(OC)c(CCCC(=O)O)nc3C(F)(F)F)c2Cl)ccc1CNC1CC(O)(CF)C1. The smallest absolute Gasteiger partial charge is 0.435 e. The predicted octanol–water partition coefficient (Wildman–Crippen LogP) is 8.13. The average Bonchev–Trinajstić information content (AvgIpc) is 3.52. The number of carbonyl (C=O) groups is 1. The molecule has 3 N–H and O–H groups in total. The Kier molecular flexibility index (Phi) is 11.1. The van der Waals surface area contributed by atoms with Crippen LogP contribution in [0, 0.1) is 0 Å². The van der Waals surface area contributed by atoms with Crippen molar-refractivity contribution in [3.05, 3.63) is 93.4 Å². The highest BCUT2D eigenvalue weighted by Gasteiger charge is 2.42. The third-order valence-corrected chi connectivity index (χ3v) is 10.5. The number of alkyl halides is 4. The predicted molar refractivity (Wildman–Crippen MR) is 189 cm³/mol. The van der Waals surface area contributed by atoms with Gasteiger partial charge in [-0.1, -0.05) is 60.1 Å². The number of hydrogen-bond acceptors (Lipinski definition) is 7. The standard InChI is InChI=1S/C39H40ClF4N3O5/c1-51-33-17-23(12-13-24(33)20-45-25-18-38(50,19-25)21-41)27-7-4-9-30(35(27)40)28-8-3-6-26-22(14-15-29(26)28)16-32-36(39(42,43)44)46-31(37(47-32)52-2)10-5-11-34(48)49/h3-4,6-9,12-13,17,22,25,45,50H,5,10-11,14-16,18-21H2,1-2H3,(H,48,49)/t22-,25?,38?/m1/s1. The minimum absolute atomic E-state index is 0.00367. The minimum Gasteiger partial charge on any atom is -0.496 e. The lowest BCUT2D eigenvalue weighted by Crippen LogP contribution is -2.54. The molecular formula is C39H40ClF4N3O5. The van der Waals surface area contributed by atoms with Gasteiger partial charge in [0.15, 0.2) is 5.69 Å². The molecule has 1 aromatic heterocycles. The van der Waals surface area contributed by atoms with Crippen molar-refractivity contribution >= 4 is 17.6 Å². The first kappa shape index (κ1) is 37.5. The number of aryl methyl sites for hydroxylation is 1. The summed E-state index contributed by atoms with van der Waals surface area (Å²) in [5.41, 5.74) is 3.64. The molecule has 0 saturated heterocycles. The topological polar surface area (TPSA) is 114 Å². The molecule has 3 aromatic carbocycles. The number of fused-ring (bicyclic) bond motifs is 1. The number of halogens is 5. The number of nitrogens with one attached hydrogen (secondary N) is 1. The van der Waals surface area contributed by atoms with Gasteiger partial charge in [-0.3, -0.25) is 4.79 Å². The molecule has 0 bridgehead atoms. The zero-order valence-corrected chi connectivity index (χ0v) is 29.6. The van der Waals surface area contributed by atoms with E-state index >= 15 is 0 Å². The van der Waals surface area contributed by atoms with Crippen molar-refractivity contribution in [2.45, 2.75) is 81.6 Å². The van der Waals surface area contributed by atoms with E-state index in [1.807, 2.05) is 54.6 Å². The van der Waals surface area contributed by atoms with Crippen molar-refractivity contribution in [3.63, 3.8) is 0 Å². The van der Waals surface area contributed by atoms with Crippen LogP contribution in [0.4, 0.5) is 17.6 Å². The number of carboxylic acid groups (broad SMARTS) is 1. The Morgan fingerprint density at radius 3 is 2.44 bits per heavy atom. The highest BCUT2D eigenvalue weighted by Crippen LogP contribution is 2.45. The van der Waals surface area contributed by atoms with Crippen LogP contribution in [-0.4, -0.2) is 58.7 Å². The second-order valence-electron chi connectivity index (χ2n) is 13.6. The average molecular weight is 742 g/mol. The molecule has 8 nitrogen and oxygen atoms in total. The Bertz CT molecular complexity index is 1950. The quantitative estimate of drug-likeness (QED) is 0.111. The van der Waals surface area contributed by atoms with E-state index in [9.17, 15) is 27.5 Å². The molecular weight excluding hydrogens is 702 g/mol. The van der Waals surface area contributed by atoms with Crippen LogP contribution in [0.15, 0.2) is 54.6 Å². The lowest BCUT2D eigenvalue weighted by molar-refractivity contribution is -0.142. The number of rotatable bonds is 14. The van der Waals surface area contributed by atoms with Gasteiger partial charge in [0.1, 0.15) is 18.1 Å². The van der Waals surface area contributed by atoms with Gasteiger partial charge in [-0.15, -0.1) is 0 Å². The number of aromatic nitrogens is 2. The van der Waals surface area contributed by atoms with E-state index in [0.29, 0.717) is 43.0 Å². The van der Waals surface area contributed by atoms with Gasteiger partial charge >= 0.3 is 12.1 Å². The highest BCUT2D eigenvalue weighted by atomic mass is 35.5. The summed E-state index contributed by atoms with van der Waals surface area (Å²) in [6.07, 6.45) is -2.92. The maximum atomic E-state index is 14.3. The number of aliphatic carboxylic acids is 1. The Balaban J connectivity index is 1.25. The van der Waals surface area contributed by atoms with Gasteiger partial charge in [0.25, 0.3) is 0 Å². The first-order valence-electron chi connectivity index (χ1n) is 17.2. The number of carboxylic acids is 1. The molecule has 0 amide bonds. The largest absolute Gasteiger partial charge is 0.496 e. The Hall–Kier alpha value is -4.26. The summed E-state index contributed by atoms with van der Waals surface area (Å²) < 4.78 is 66.9. The molecule has 1 heterocycles. The number of ether oxygens (including phenoxy) is 2. The fraction of sp³-hybridized carbons (Fsp3) is 0.410. The van der Waals surface area contributed by atoms with Gasteiger partial charge in [-0.25, -0.2) is 14.4 Å². The molecule has 13 heteroatoms. The molecule has 2 aliphatic rings. The monoisotopic (exact) mass is 741 g/mol. The van der Waals surface area contributed by atoms with Crippen molar-refractivity contribution in [3.8, 4) is 33.9 Å². The third kappa shape index (κ3) is 7.89. The summed E-state index contributed by atoms with van der Waals surface area (Å²) >= 11 is 7.13. The lowest BCUT2D eigenvalue weighted by atomic mass is 9.76. The molecule has 0 unspecified atom stereocenters. The lowest BCUT2D eigenvalue weighted by Gasteiger charge is -2.42. The van der Waals surface area contributed by atoms with Crippen LogP contribution in [0.3, 0.4) is 0 Å². The summed E-state index contributed by atoms with van der Waals surface area (Å²) in [4.78, 5) is 19.2. The van der Waals surface area contributed by atoms with Gasteiger partial charge in [-0.2, -0.15) is 13.2 Å². The van der Waals surface area contributed by atoms with Gasteiger partial charge in [0.2, 0.25) is 5.88 Å². The Morgan fingerprint density at radius 1 is 1.02 bits per heavy atom. The number of benzene rings is 3. The second-order valence-corrected chi connectivity index (χ2v) is 13.9. The van der Waals surface area contributed by atoms with E-state index in [0.717, 1.165) is 38.9 Å². The fourth-order valence-electron chi connectivity index (χ4n) is 7.41. The molecule has 0 radical (unpaired) electrons. The number of aliphatic hydroxyl groups is 1. The van der Waals surface area contributed by atoms with Crippen LogP contribution < -0.4 is 14.8 Å². The molecule has 276 valence electrons. The second kappa shape index (κ2) is 15.4. The highest BCUT2D eigenvalue weighted by molar-refractivity contribution is 6.36. The van der Waals surface area contributed by atoms with E-state index in [-0.39, 0.29) is 54.9 Å². The molecule has 52 heavy (non-hydrogen) atoms. The Morgan fingerprint density at radius 2 is 1.75 bits per heavy atom. The first-order chi connectivity index (χ1) is 24.8. The van der Waals surface area contributed by atoms with Gasteiger partial charge in [0.05, 0.1) is 30.5 Å². The van der Waals surface area contributed by atoms with Crippen LogP contribution in [-0.2, 0) is 36.8 Å². The van der Waals surface area contributed by atoms with Gasteiger partial charge in [-0.05, 0) is 79.2 Å². The van der Waals surface area contributed by atoms with E-state index in [1.54, 1.807) is 7.11 Å². The molecule has 0 spiro atoms. The van der Waals surface area contributed by atoms with Crippen LogP contribution in [0.1, 0.15) is 71.8 Å². The van der Waals surface area contributed by atoms with E-state index in [2.05, 4.69) is 15.3 Å². The van der Waals surface area contributed by atoms with Crippen LogP contribution in [0.2, 0.25) is 5.02 Å². The number of hydrogen-bond donors (Lipinski definition) is 3. The molecule has 4 aromatic rings. The number of methoxy groups -OCH3 is 2. The van der Waals surface area contributed by atoms with Crippen LogP contribution in [0.5, 0.6) is 11.6 Å². The van der Waals surface area contributed by atoms with Crippen LogP contribution >= 0.6 is 11.6 Å². The minimum atomic E-state index is -4.76. The molecule has 1 atom stereocenters. The summed E-state index contributed by atoms with van der Waals surface area (Å²) in [5.74, 6) is -0.686. The summed E-state index contributed by atoms with van der Waals surface area (Å²) in [6, 6.07) is 17.4. The maximum absolute atomic E-state index is 14.3. The van der Waals surface area contributed by atoms with Crippen molar-refractivity contribution in [1.29, 1.82) is 0 Å².